The molecule has 5 aromatic rings. The SMILES string of the molecule is C#Cc1ccc2c(c1)c1c3c(c4c5ccccc5n5c4c1n2[C@H]1C[C@@H](NC)[C@@H](OC)[C@]5(C)O1)CNC3=O. The Kier molecular flexibility index (Phi) is 3.98. The quantitative estimate of drug-likeness (QED) is 0.362. The van der Waals surface area contributed by atoms with Crippen LogP contribution in [0.25, 0.3) is 43.6 Å². The highest BCUT2D eigenvalue weighted by atomic mass is 16.6. The van der Waals surface area contributed by atoms with E-state index < -0.39 is 5.72 Å². The topological polar surface area (TPSA) is 69.5 Å². The first-order valence-corrected chi connectivity index (χ1v) is 12.7. The van der Waals surface area contributed by atoms with E-state index in [-0.39, 0.29) is 24.3 Å². The largest absolute Gasteiger partial charge is 0.375 e. The van der Waals surface area contributed by atoms with Gasteiger partial charge in [-0.2, -0.15) is 0 Å². The van der Waals surface area contributed by atoms with Crippen LogP contribution in [0, 0.1) is 12.3 Å². The minimum Gasteiger partial charge on any atom is -0.375 e. The van der Waals surface area contributed by atoms with Gasteiger partial charge in [0.05, 0.1) is 27.6 Å². The Balaban J connectivity index is 1.72. The fourth-order valence-electron chi connectivity index (χ4n) is 7.48. The Labute approximate surface area is 213 Å². The van der Waals surface area contributed by atoms with E-state index in [4.69, 9.17) is 15.9 Å². The molecule has 5 heterocycles. The monoisotopic (exact) mass is 490 g/mol. The van der Waals surface area contributed by atoms with Crippen LogP contribution >= 0.6 is 0 Å². The van der Waals surface area contributed by atoms with E-state index in [0.29, 0.717) is 13.0 Å². The third kappa shape index (κ3) is 2.33. The zero-order chi connectivity index (χ0) is 25.2. The number of hydrogen-bond acceptors (Lipinski definition) is 4. The molecule has 3 aliphatic rings. The Hall–Kier alpha value is -3.83. The summed E-state index contributed by atoms with van der Waals surface area (Å²) in [6.07, 6.45) is 6.03. The standard InChI is InChI=1S/C30H26N4O3/c1-5-15-10-11-20-17(12-15)24-25-18(14-32-29(25)35)23-16-8-6-7-9-21(16)34-27(23)26(24)33(20)22-13-19(31-3)28(36-4)30(34,2)37-22/h1,6-12,19,22,28,31H,13-14H2,2-4H3,(H,32,35)/t19-,22-,28-,30+/m1/s1. The maximum atomic E-state index is 13.4. The molecular formula is C30H26N4O3. The summed E-state index contributed by atoms with van der Waals surface area (Å²) in [6, 6.07) is 14.5. The van der Waals surface area contributed by atoms with Gasteiger partial charge in [-0.1, -0.05) is 24.1 Å². The molecule has 1 fully saturated rings. The van der Waals surface area contributed by atoms with Crippen LogP contribution in [0.4, 0.5) is 0 Å². The van der Waals surface area contributed by atoms with Gasteiger partial charge >= 0.3 is 0 Å². The maximum Gasteiger partial charge on any atom is 0.252 e. The van der Waals surface area contributed by atoms with Gasteiger partial charge in [0, 0.05) is 53.2 Å². The predicted molar refractivity (Wildman–Crippen MR) is 144 cm³/mol. The summed E-state index contributed by atoms with van der Waals surface area (Å²) in [7, 11) is 3.74. The first kappa shape index (κ1) is 21.3. The van der Waals surface area contributed by atoms with Crippen molar-refractivity contribution in [3.63, 3.8) is 0 Å². The Morgan fingerprint density at radius 3 is 2.78 bits per heavy atom. The number of para-hydroxylation sites is 1. The molecule has 2 N–H and O–H groups in total. The third-order valence-electron chi connectivity index (χ3n) is 8.86. The molecule has 0 radical (unpaired) electrons. The zero-order valence-electron chi connectivity index (χ0n) is 20.9. The molecule has 2 bridgehead atoms. The van der Waals surface area contributed by atoms with Gasteiger partial charge in [0.15, 0.2) is 5.72 Å². The van der Waals surface area contributed by atoms with Crippen molar-refractivity contribution >= 4 is 49.5 Å². The minimum absolute atomic E-state index is 0.0406. The normalized spacial score (nSPS) is 26.2. The highest BCUT2D eigenvalue weighted by molar-refractivity contribution is 6.31. The van der Waals surface area contributed by atoms with E-state index in [2.05, 4.69) is 62.9 Å². The van der Waals surface area contributed by atoms with Crippen LogP contribution in [0.3, 0.4) is 0 Å². The number of benzene rings is 3. The average Bonchev–Trinajstić information content (AvgIpc) is 3.55. The van der Waals surface area contributed by atoms with Gasteiger partial charge in [-0.15, -0.1) is 6.42 Å². The number of aromatic nitrogens is 2. The lowest BCUT2D eigenvalue weighted by Crippen LogP contribution is -2.59. The molecule has 37 heavy (non-hydrogen) atoms. The Morgan fingerprint density at radius 1 is 1.16 bits per heavy atom. The summed E-state index contributed by atoms with van der Waals surface area (Å²) in [4.78, 5) is 13.4. The first-order valence-electron chi connectivity index (χ1n) is 12.7. The third-order valence-corrected chi connectivity index (χ3v) is 8.86. The van der Waals surface area contributed by atoms with Crippen molar-refractivity contribution < 1.29 is 14.3 Å². The molecule has 0 spiro atoms. The maximum absolute atomic E-state index is 13.4. The molecule has 3 aliphatic heterocycles. The number of rotatable bonds is 2. The van der Waals surface area contributed by atoms with Gasteiger partial charge in [-0.25, -0.2) is 0 Å². The molecular weight excluding hydrogens is 464 g/mol. The van der Waals surface area contributed by atoms with Crippen LogP contribution in [0.5, 0.6) is 0 Å². The molecule has 1 saturated heterocycles. The number of ether oxygens (including phenoxy) is 2. The van der Waals surface area contributed by atoms with E-state index >= 15 is 0 Å². The predicted octanol–water partition coefficient (Wildman–Crippen LogP) is 4.34. The second kappa shape index (κ2) is 6.93. The van der Waals surface area contributed by atoms with Gasteiger partial charge < -0.3 is 29.2 Å². The van der Waals surface area contributed by atoms with Crippen LogP contribution in [0.15, 0.2) is 42.5 Å². The molecule has 7 heteroatoms. The van der Waals surface area contributed by atoms with Crippen molar-refractivity contribution in [1.29, 1.82) is 0 Å². The van der Waals surface area contributed by atoms with Crippen molar-refractivity contribution in [2.24, 2.45) is 0 Å². The van der Waals surface area contributed by atoms with E-state index in [1.807, 2.05) is 19.2 Å². The number of fused-ring (bicyclic) bond motifs is 13. The highest BCUT2D eigenvalue weighted by Gasteiger charge is 2.53. The smallest absolute Gasteiger partial charge is 0.252 e. The minimum atomic E-state index is -0.798. The van der Waals surface area contributed by atoms with Crippen LogP contribution in [-0.4, -0.2) is 41.3 Å². The van der Waals surface area contributed by atoms with Crippen LogP contribution in [0.2, 0.25) is 0 Å². The number of likely N-dealkylation sites (N-methyl/N-ethyl adjacent to an activating group) is 1. The van der Waals surface area contributed by atoms with Crippen molar-refractivity contribution in [2.45, 2.75) is 44.0 Å². The molecule has 3 aromatic carbocycles. The Morgan fingerprint density at radius 2 is 2.00 bits per heavy atom. The van der Waals surface area contributed by atoms with Crippen molar-refractivity contribution in [3.05, 3.63) is 59.2 Å². The molecule has 7 nitrogen and oxygen atoms in total. The summed E-state index contributed by atoms with van der Waals surface area (Å²) >= 11 is 0. The van der Waals surface area contributed by atoms with Crippen LogP contribution in [0.1, 0.15) is 41.1 Å². The van der Waals surface area contributed by atoms with Gasteiger partial charge in [-0.3, -0.25) is 4.79 Å². The fourth-order valence-corrected chi connectivity index (χ4v) is 7.48. The lowest BCUT2D eigenvalue weighted by Gasteiger charge is -2.48. The molecule has 0 unspecified atom stereocenters. The fraction of sp³-hybridized carbons (Fsp3) is 0.300. The van der Waals surface area contributed by atoms with E-state index in [1.54, 1.807) is 7.11 Å². The second-order valence-electron chi connectivity index (χ2n) is 10.5. The molecule has 184 valence electrons. The lowest BCUT2D eigenvalue weighted by molar-refractivity contribution is -0.256. The zero-order valence-corrected chi connectivity index (χ0v) is 20.9. The van der Waals surface area contributed by atoms with Crippen LogP contribution < -0.4 is 10.6 Å². The number of terminal acetylenes is 1. The summed E-state index contributed by atoms with van der Waals surface area (Å²) in [5.41, 5.74) is 5.95. The van der Waals surface area contributed by atoms with Gasteiger partial charge in [0.25, 0.3) is 5.91 Å². The Bertz CT molecular complexity index is 1890. The lowest BCUT2D eigenvalue weighted by atomic mass is 9.93. The first-order chi connectivity index (χ1) is 18.0. The molecule has 2 aromatic heterocycles. The number of nitrogens with one attached hydrogen (secondary N) is 2. The molecule has 0 aliphatic carbocycles. The highest BCUT2D eigenvalue weighted by Crippen LogP contribution is 2.53. The number of carbonyl (C=O) groups is 1. The van der Waals surface area contributed by atoms with Crippen LogP contribution in [-0.2, 0) is 21.7 Å². The van der Waals surface area contributed by atoms with E-state index in [1.165, 1.54) is 0 Å². The average molecular weight is 491 g/mol. The summed E-state index contributed by atoms with van der Waals surface area (Å²) in [5.74, 6) is 2.74. The van der Waals surface area contributed by atoms with Gasteiger partial charge in [0.2, 0.25) is 0 Å². The van der Waals surface area contributed by atoms with E-state index in [0.717, 1.165) is 60.3 Å². The van der Waals surface area contributed by atoms with Crippen molar-refractivity contribution in [1.82, 2.24) is 19.8 Å². The van der Waals surface area contributed by atoms with E-state index in [9.17, 15) is 4.79 Å². The number of amides is 1. The molecule has 1 amide bonds. The second-order valence-corrected chi connectivity index (χ2v) is 10.5. The van der Waals surface area contributed by atoms with Crippen molar-refractivity contribution in [3.8, 4) is 12.3 Å². The van der Waals surface area contributed by atoms with Gasteiger partial charge in [-0.05, 0) is 43.8 Å². The van der Waals surface area contributed by atoms with Gasteiger partial charge in [0.1, 0.15) is 12.3 Å². The van der Waals surface area contributed by atoms with Crippen molar-refractivity contribution in [2.75, 3.05) is 14.2 Å². The molecule has 0 saturated carbocycles. The number of carbonyl (C=O) groups excluding carboxylic acids is 1. The molecule has 4 atom stereocenters. The summed E-state index contributed by atoms with van der Waals surface area (Å²) < 4.78 is 17.9. The number of methoxy groups -OCH3 is 1. The number of nitrogens with zero attached hydrogens (tertiary/aromatic N) is 2. The summed E-state index contributed by atoms with van der Waals surface area (Å²) in [5, 5.41) is 10.8. The number of hydrogen-bond donors (Lipinski definition) is 2. The summed E-state index contributed by atoms with van der Waals surface area (Å²) in [6.45, 7) is 2.63. The molecule has 8 rings (SSSR count).